The van der Waals surface area contributed by atoms with E-state index in [4.69, 9.17) is 0 Å². The van der Waals surface area contributed by atoms with Crippen LogP contribution in [0.2, 0.25) is 0 Å². The van der Waals surface area contributed by atoms with Crippen LogP contribution in [0.5, 0.6) is 0 Å². The van der Waals surface area contributed by atoms with E-state index in [1.165, 1.54) is 5.56 Å². The third-order valence-electron chi connectivity index (χ3n) is 2.42. The van der Waals surface area contributed by atoms with Crippen molar-refractivity contribution in [3.8, 4) is 5.69 Å². The SMILES string of the molecule is CCc1cnn(-c2ccc(C=O)c(Br)c2)c1. The number of nitrogens with zero attached hydrogens (tertiary/aromatic N) is 2. The Morgan fingerprint density at radius 2 is 2.31 bits per heavy atom. The highest BCUT2D eigenvalue weighted by Crippen LogP contribution is 2.19. The molecule has 0 saturated heterocycles. The molecule has 0 amide bonds. The summed E-state index contributed by atoms with van der Waals surface area (Å²) in [5.74, 6) is 0. The van der Waals surface area contributed by atoms with Crippen LogP contribution in [0.1, 0.15) is 22.8 Å². The van der Waals surface area contributed by atoms with Crippen LogP contribution in [0.15, 0.2) is 35.1 Å². The fraction of sp³-hybridized carbons (Fsp3) is 0.167. The van der Waals surface area contributed by atoms with Gasteiger partial charge >= 0.3 is 0 Å². The summed E-state index contributed by atoms with van der Waals surface area (Å²) in [5.41, 5.74) is 2.78. The molecule has 0 aliphatic rings. The van der Waals surface area contributed by atoms with Crippen LogP contribution in [-0.2, 0) is 6.42 Å². The van der Waals surface area contributed by atoms with E-state index in [1.807, 2.05) is 24.5 Å². The molecule has 0 N–H and O–H groups in total. The lowest BCUT2D eigenvalue weighted by atomic mass is 10.2. The molecule has 4 heteroatoms. The van der Waals surface area contributed by atoms with Gasteiger partial charge in [-0.2, -0.15) is 5.10 Å². The van der Waals surface area contributed by atoms with E-state index in [1.54, 1.807) is 10.7 Å². The molecule has 0 aliphatic heterocycles. The van der Waals surface area contributed by atoms with Crippen LogP contribution in [0.25, 0.3) is 5.69 Å². The fourth-order valence-corrected chi connectivity index (χ4v) is 1.90. The van der Waals surface area contributed by atoms with Gasteiger partial charge in [0.25, 0.3) is 0 Å². The highest BCUT2D eigenvalue weighted by atomic mass is 79.9. The number of rotatable bonds is 3. The zero-order valence-corrected chi connectivity index (χ0v) is 10.4. The number of carbonyl (C=O) groups is 1. The van der Waals surface area contributed by atoms with Gasteiger partial charge in [-0.05, 0) is 46.1 Å². The van der Waals surface area contributed by atoms with Gasteiger partial charge in [-0.1, -0.05) is 6.92 Å². The third kappa shape index (κ3) is 2.07. The Balaban J connectivity index is 2.40. The average molecular weight is 279 g/mol. The predicted molar refractivity (Wildman–Crippen MR) is 66.0 cm³/mol. The molecule has 1 heterocycles. The lowest BCUT2D eigenvalue weighted by Gasteiger charge is -2.03. The normalized spacial score (nSPS) is 10.4. The molecular formula is C12H11BrN2O. The number of carbonyl (C=O) groups excluding carboxylic acids is 1. The molecule has 1 aromatic heterocycles. The highest BCUT2D eigenvalue weighted by molar-refractivity contribution is 9.10. The van der Waals surface area contributed by atoms with E-state index in [2.05, 4.69) is 28.0 Å². The number of benzene rings is 1. The minimum atomic E-state index is 0.645. The molecule has 0 spiro atoms. The van der Waals surface area contributed by atoms with Crippen LogP contribution in [0, 0.1) is 0 Å². The maximum atomic E-state index is 10.7. The van der Waals surface area contributed by atoms with Crippen LogP contribution < -0.4 is 0 Å². The van der Waals surface area contributed by atoms with Crippen molar-refractivity contribution in [1.82, 2.24) is 9.78 Å². The van der Waals surface area contributed by atoms with Crippen LogP contribution in [0.4, 0.5) is 0 Å². The molecule has 2 aromatic rings. The summed E-state index contributed by atoms with van der Waals surface area (Å²) >= 11 is 3.36. The van der Waals surface area contributed by atoms with E-state index in [9.17, 15) is 4.79 Å². The van der Waals surface area contributed by atoms with Gasteiger partial charge in [0.05, 0.1) is 11.9 Å². The van der Waals surface area contributed by atoms with E-state index in [0.29, 0.717) is 5.56 Å². The summed E-state index contributed by atoms with van der Waals surface area (Å²) in [7, 11) is 0. The molecule has 0 bridgehead atoms. The quantitative estimate of drug-likeness (QED) is 0.809. The Bertz CT molecular complexity index is 519. The van der Waals surface area contributed by atoms with Crippen molar-refractivity contribution in [3.63, 3.8) is 0 Å². The summed E-state index contributed by atoms with van der Waals surface area (Å²) in [6.07, 6.45) is 5.63. The molecule has 0 aliphatic carbocycles. The lowest BCUT2D eigenvalue weighted by molar-refractivity contribution is 0.112. The number of aldehydes is 1. The molecule has 0 unspecified atom stereocenters. The Kier molecular flexibility index (Phi) is 3.19. The molecule has 0 atom stereocenters. The second-order valence-corrected chi connectivity index (χ2v) is 4.32. The second kappa shape index (κ2) is 4.61. The standard InChI is InChI=1S/C12H11BrN2O/c1-2-9-6-14-15(7-9)11-4-3-10(8-16)12(13)5-11/h3-8H,2H2,1H3. The van der Waals surface area contributed by atoms with Gasteiger partial charge in [-0.25, -0.2) is 4.68 Å². The van der Waals surface area contributed by atoms with Gasteiger partial charge in [0.15, 0.2) is 6.29 Å². The summed E-state index contributed by atoms with van der Waals surface area (Å²) in [6.45, 7) is 2.09. The number of halogens is 1. The Morgan fingerprint density at radius 1 is 1.50 bits per heavy atom. The molecule has 0 fully saturated rings. The lowest BCUT2D eigenvalue weighted by Crippen LogP contribution is -1.95. The van der Waals surface area contributed by atoms with E-state index in [0.717, 1.165) is 22.9 Å². The Hall–Kier alpha value is -1.42. The Morgan fingerprint density at radius 3 is 2.88 bits per heavy atom. The Labute approximate surface area is 102 Å². The first-order valence-electron chi connectivity index (χ1n) is 5.03. The minimum Gasteiger partial charge on any atom is -0.298 e. The van der Waals surface area contributed by atoms with Gasteiger partial charge in [0.2, 0.25) is 0 Å². The molecule has 0 saturated carbocycles. The molecular weight excluding hydrogens is 268 g/mol. The first-order valence-corrected chi connectivity index (χ1v) is 5.82. The molecule has 16 heavy (non-hydrogen) atoms. The van der Waals surface area contributed by atoms with Gasteiger partial charge in [-0.3, -0.25) is 4.79 Å². The zero-order valence-electron chi connectivity index (χ0n) is 8.85. The zero-order chi connectivity index (χ0) is 11.5. The van der Waals surface area contributed by atoms with Gasteiger partial charge in [-0.15, -0.1) is 0 Å². The maximum Gasteiger partial charge on any atom is 0.151 e. The largest absolute Gasteiger partial charge is 0.298 e. The fourth-order valence-electron chi connectivity index (χ4n) is 1.44. The first kappa shape index (κ1) is 11.1. The van der Waals surface area contributed by atoms with Crippen LogP contribution >= 0.6 is 15.9 Å². The van der Waals surface area contributed by atoms with Gasteiger partial charge in [0.1, 0.15) is 0 Å². The minimum absolute atomic E-state index is 0.645. The number of aromatic nitrogens is 2. The van der Waals surface area contributed by atoms with Crippen molar-refractivity contribution in [1.29, 1.82) is 0 Å². The van der Waals surface area contributed by atoms with Crippen molar-refractivity contribution >= 4 is 22.2 Å². The molecule has 1 aromatic carbocycles. The smallest absolute Gasteiger partial charge is 0.151 e. The predicted octanol–water partition coefficient (Wildman–Crippen LogP) is 3.01. The molecule has 0 radical (unpaired) electrons. The number of aryl methyl sites for hydroxylation is 1. The van der Waals surface area contributed by atoms with E-state index in [-0.39, 0.29) is 0 Å². The first-order chi connectivity index (χ1) is 7.74. The topological polar surface area (TPSA) is 34.9 Å². The van der Waals surface area contributed by atoms with Crippen molar-refractivity contribution in [2.75, 3.05) is 0 Å². The maximum absolute atomic E-state index is 10.7. The summed E-state index contributed by atoms with van der Waals surface area (Å²) in [6, 6.07) is 5.54. The summed E-state index contributed by atoms with van der Waals surface area (Å²) < 4.78 is 2.59. The monoisotopic (exact) mass is 278 g/mol. The number of hydrogen-bond acceptors (Lipinski definition) is 2. The highest BCUT2D eigenvalue weighted by Gasteiger charge is 2.03. The molecule has 82 valence electrons. The van der Waals surface area contributed by atoms with E-state index >= 15 is 0 Å². The van der Waals surface area contributed by atoms with Crippen molar-refractivity contribution in [2.24, 2.45) is 0 Å². The van der Waals surface area contributed by atoms with Crippen molar-refractivity contribution in [2.45, 2.75) is 13.3 Å². The molecule has 2 rings (SSSR count). The number of hydrogen-bond donors (Lipinski definition) is 0. The van der Waals surface area contributed by atoms with Crippen molar-refractivity contribution < 1.29 is 4.79 Å². The molecule has 3 nitrogen and oxygen atoms in total. The third-order valence-corrected chi connectivity index (χ3v) is 3.11. The van der Waals surface area contributed by atoms with E-state index < -0.39 is 0 Å². The van der Waals surface area contributed by atoms with Crippen LogP contribution in [0.3, 0.4) is 0 Å². The average Bonchev–Trinajstić information content (AvgIpc) is 2.77. The van der Waals surface area contributed by atoms with Gasteiger partial charge < -0.3 is 0 Å². The van der Waals surface area contributed by atoms with Crippen LogP contribution in [-0.4, -0.2) is 16.1 Å². The second-order valence-electron chi connectivity index (χ2n) is 3.47. The van der Waals surface area contributed by atoms with Gasteiger partial charge in [0, 0.05) is 16.2 Å². The summed E-state index contributed by atoms with van der Waals surface area (Å²) in [5, 5.41) is 4.26. The van der Waals surface area contributed by atoms with Crippen molar-refractivity contribution in [3.05, 3.63) is 46.2 Å². The summed E-state index contributed by atoms with van der Waals surface area (Å²) in [4.78, 5) is 10.7.